The van der Waals surface area contributed by atoms with Crippen LogP contribution in [-0.4, -0.2) is 31.4 Å². The first-order valence-electron chi connectivity index (χ1n) is 10.6. The molecule has 0 saturated carbocycles. The fourth-order valence-corrected chi connectivity index (χ4v) is 2.26. The van der Waals surface area contributed by atoms with Gasteiger partial charge in [-0.15, -0.1) is 0 Å². The Morgan fingerprint density at radius 3 is 1.90 bits per heavy atom. The summed E-state index contributed by atoms with van der Waals surface area (Å²) in [5, 5.41) is 0. The van der Waals surface area contributed by atoms with Crippen molar-refractivity contribution in [3.8, 4) is 0 Å². The summed E-state index contributed by atoms with van der Waals surface area (Å²) in [6.45, 7) is 14.8. The van der Waals surface area contributed by atoms with Crippen molar-refractivity contribution in [2.24, 2.45) is 23.2 Å². The van der Waals surface area contributed by atoms with Gasteiger partial charge in [0.05, 0.1) is 11.3 Å². The van der Waals surface area contributed by atoms with Gasteiger partial charge >= 0.3 is 18.0 Å². The van der Waals surface area contributed by atoms with Crippen molar-refractivity contribution < 1.29 is 28.6 Å². The van der Waals surface area contributed by atoms with E-state index >= 15 is 0 Å². The van der Waals surface area contributed by atoms with Gasteiger partial charge in [0, 0.05) is 18.7 Å². The third-order valence-corrected chi connectivity index (χ3v) is 4.95. The molecular weight excluding hydrogens is 398 g/mol. The molecule has 31 heavy (non-hydrogen) atoms. The molecule has 7 heteroatoms. The van der Waals surface area contributed by atoms with E-state index in [2.05, 4.69) is 0 Å². The largest absolute Gasteiger partial charge is 0.460 e. The van der Waals surface area contributed by atoms with Crippen molar-refractivity contribution in [3.05, 3.63) is 29.8 Å². The highest BCUT2D eigenvalue weighted by Gasteiger charge is 2.28. The summed E-state index contributed by atoms with van der Waals surface area (Å²) in [5.74, 6) is -1.03. The number of ether oxygens (including phenoxy) is 3. The molecule has 2 atom stereocenters. The SMILES string of the molecule is CC(C)C(OC(=O)[C@@H](C)C(C)C)OC(=O)N(C)c1ccc(COC(=O)C(C)(C)C)cc1. The smallest absolute Gasteiger partial charge is 0.417 e. The highest BCUT2D eigenvalue weighted by atomic mass is 16.7. The van der Waals surface area contributed by atoms with Crippen molar-refractivity contribution in [2.45, 2.75) is 68.3 Å². The highest BCUT2D eigenvalue weighted by molar-refractivity contribution is 5.87. The summed E-state index contributed by atoms with van der Waals surface area (Å²) >= 11 is 0. The maximum Gasteiger partial charge on any atom is 0.417 e. The molecule has 0 aliphatic heterocycles. The van der Waals surface area contributed by atoms with E-state index in [1.807, 2.05) is 27.7 Å². The fourth-order valence-electron chi connectivity index (χ4n) is 2.26. The van der Waals surface area contributed by atoms with Crippen molar-refractivity contribution in [1.29, 1.82) is 0 Å². The Morgan fingerprint density at radius 1 is 0.903 bits per heavy atom. The molecule has 0 aliphatic carbocycles. The summed E-state index contributed by atoms with van der Waals surface area (Å²) in [5.41, 5.74) is 0.841. The number of esters is 2. The van der Waals surface area contributed by atoms with E-state index in [1.54, 1.807) is 59.0 Å². The van der Waals surface area contributed by atoms with E-state index in [9.17, 15) is 14.4 Å². The average molecular weight is 436 g/mol. The summed E-state index contributed by atoms with van der Waals surface area (Å²) < 4.78 is 16.2. The summed E-state index contributed by atoms with van der Waals surface area (Å²) in [4.78, 5) is 38.1. The number of nitrogens with zero attached hydrogens (tertiary/aromatic N) is 1. The van der Waals surface area contributed by atoms with E-state index in [-0.39, 0.29) is 30.3 Å². The first kappa shape index (κ1) is 26.5. The topological polar surface area (TPSA) is 82.1 Å². The standard InChI is InChI=1S/C24H37NO6/c1-15(2)17(5)20(26)30-21(16(3)4)31-23(28)25(9)19-12-10-18(11-13-19)14-29-22(27)24(6,7)8/h10-13,15-17,21H,14H2,1-9H3/t17-,21?/m0/s1. The lowest BCUT2D eigenvalue weighted by molar-refractivity contribution is -0.180. The predicted molar refractivity (Wildman–Crippen MR) is 119 cm³/mol. The maximum absolute atomic E-state index is 12.6. The molecule has 0 saturated heterocycles. The first-order chi connectivity index (χ1) is 14.2. The molecule has 1 amide bonds. The van der Waals surface area contributed by atoms with Gasteiger partial charge in [-0.25, -0.2) is 4.79 Å². The number of benzene rings is 1. The zero-order chi connectivity index (χ0) is 23.9. The molecule has 1 aromatic rings. The van der Waals surface area contributed by atoms with Crippen LogP contribution in [0.3, 0.4) is 0 Å². The predicted octanol–water partition coefficient (Wildman–Crippen LogP) is 5.17. The Hall–Kier alpha value is -2.57. The van der Waals surface area contributed by atoms with Gasteiger partial charge < -0.3 is 14.2 Å². The third kappa shape index (κ3) is 8.23. The Morgan fingerprint density at radius 2 is 1.45 bits per heavy atom. The van der Waals surface area contributed by atoms with E-state index in [1.165, 1.54) is 4.90 Å². The molecule has 0 fully saturated rings. The van der Waals surface area contributed by atoms with Crippen LogP contribution in [0.15, 0.2) is 24.3 Å². The number of amides is 1. The second kappa shape index (κ2) is 11.2. The summed E-state index contributed by atoms with van der Waals surface area (Å²) in [7, 11) is 1.58. The van der Waals surface area contributed by atoms with Crippen LogP contribution in [0.2, 0.25) is 0 Å². The van der Waals surface area contributed by atoms with Crippen LogP contribution in [0.5, 0.6) is 0 Å². The van der Waals surface area contributed by atoms with E-state index in [0.717, 1.165) is 5.56 Å². The van der Waals surface area contributed by atoms with Crippen LogP contribution in [-0.2, 0) is 30.4 Å². The van der Waals surface area contributed by atoms with Crippen molar-refractivity contribution in [2.75, 3.05) is 11.9 Å². The minimum atomic E-state index is -0.972. The lowest BCUT2D eigenvalue weighted by Gasteiger charge is -2.26. The third-order valence-electron chi connectivity index (χ3n) is 4.95. The summed E-state index contributed by atoms with van der Waals surface area (Å²) in [6, 6.07) is 7.02. The Balaban J connectivity index is 2.74. The molecular formula is C24H37NO6. The maximum atomic E-state index is 12.6. The molecule has 0 aromatic heterocycles. The highest BCUT2D eigenvalue weighted by Crippen LogP contribution is 2.21. The van der Waals surface area contributed by atoms with Crippen LogP contribution in [0.25, 0.3) is 0 Å². The van der Waals surface area contributed by atoms with Gasteiger partial charge in [-0.05, 0) is 44.4 Å². The van der Waals surface area contributed by atoms with Crippen LogP contribution in [0, 0.1) is 23.2 Å². The number of hydrogen-bond donors (Lipinski definition) is 0. The normalized spacial score (nSPS) is 13.5. The Labute approximate surface area is 186 Å². The molecule has 0 spiro atoms. The number of anilines is 1. The molecule has 0 heterocycles. The molecule has 0 radical (unpaired) electrons. The zero-order valence-corrected chi connectivity index (χ0v) is 20.2. The van der Waals surface area contributed by atoms with Gasteiger partial charge in [0.25, 0.3) is 6.29 Å². The number of hydrogen-bond acceptors (Lipinski definition) is 6. The van der Waals surface area contributed by atoms with Crippen LogP contribution in [0.4, 0.5) is 10.5 Å². The van der Waals surface area contributed by atoms with Crippen molar-refractivity contribution in [3.63, 3.8) is 0 Å². The zero-order valence-electron chi connectivity index (χ0n) is 20.2. The molecule has 174 valence electrons. The minimum absolute atomic E-state index is 0.125. The van der Waals surface area contributed by atoms with Crippen molar-refractivity contribution in [1.82, 2.24) is 0 Å². The van der Waals surface area contributed by atoms with Gasteiger partial charge in [-0.2, -0.15) is 0 Å². The fraction of sp³-hybridized carbons (Fsp3) is 0.625. The monoisotopic (exact) mass is 435 g/mol. The Bertz CT molecular complexity index is 748. The van der Waals surface area contributed by atoms with Gasteiger partial charge in [0.2, 0.25) is 0 Å². The minimum Gasteiger partial charge on any atom is -0.460 e. The lowest BCUT2D eigenvalue weighted by Crippen LogP contribution is -2.37. The van der Waals surface area contributed by atoms with Gasteiger partial charge in [0.15, 0.2) is 0 Å². The molecule has 0 aliphatic rings. The number of carbonyl (C=O) groups is 3. The quantitative estimate of drug-likeness (QED) is 0.414. The molecule has 0 bridgehead atoms. The Kier molecular flexibility index (Phi) is 9.53. The van der Waals surface area contributed by atoms with E-state index in [0.29, 0.717) is 5.69 Å². The molecule has 7 nitrogen and oxygen atoms in total. The van der Waals surface area contributed by atoms with Crippen LogP contribution < -0.4 is 4.90 Å². The van der Waals surface area contributed by atoms with Crippen LogP contribution in [0.1, 0.15) is 61.0 Å². The van der Waals surface area contributed by atoms with E-state index in [4.69, 9.17) is 14.2 Å². The number of carbonyl (C=O) groups excluding carboxylic acids is 3. The second-order valence-electron chi connectivity index (χ2n) is 9.52. The average Bonchev–Trinajstić information content (AvgIpc) is 2.69. The van der Waals surface area contributed by atoms with Crippen molar-refractivity contribution >= 4 is 23.7 Å². The summed E-state index contributed by atoms with van der Waals surface area (Å²) in [6.07, 6.45) is -1.60. The van der Waals surface area contributed by atoms with Gasteiger partial charge in [-0.3, -0.25) is 14.5 Å². The second-order valence-corrected chi connectivity index (χ2v) is 9.52. The van der Waals surface area contributed by atoms with Gasteiger partial charge in [-0.1, -0.05) is 46.8 Å². The molecule has 1 aromatic carbocycles. The van der Waals surface area contributed by atoms with Gasteiger partial charge in [0.1, 0.15) is 6.61 Å². The molecule has 1 unspecified atom stereocenters. The van der Waals surface area contributed by atoms with Crippen LogP contribution >= 0.6 is 0 Å². The lowest BCUT2D eigenvalue weighted by atomic mass is 9.97. The molecule has 0 N–H and O–H groups in total. The first-order valence-corrected chi connectivity index (χ1v) is 10.6. The molecule has 1 rings (SSSR count). The van der Waals surface area contributed by atoms with E-state index < -0.39 is 23.8 Å². The number of rotatable bonds is 8.